The fraction of sp³-hybridized carbons (Fsp3) is 0.0968. The van der Waals surface area contributed by atoms with E-state index in [2.05, 4.69) is 34.8 Å². The highest BCUT2D eigenvalue weighted by Gasteiger charge is 2.10. The molecule has 0 aliphatic carbocycles. The zero-order valence-electron chi connectivity index (χ0n) is 20.0. The maximum absolute atomic E-state index is 12.6. The smallest absolute Gasteiger partial charge is 0.271 e. The van der Waals surface area contributed by atoms with E-state index in [1.165, 1.54) is 10.8 Å². The fourth-order valence-electron chi connectivity index (χ4n) is 4.20. The third-order valence-corrected chi connectivity index (χ3v) is 5.98. The van der Waals surface area contributed by atoms with Crippen molar-refractivity contribution in [3.8, 4) is 11.5 Å². The van der Waals surface area contributed by atoms with Crippen molar-refractivity contribution >= 4 is 33.7 Å². The number of fused-ring (bicyclic) bond motifs is 2. The number of hydrazone groups is 1. The zero-order chi connectivity index (χ0) is 24.7. The topological polar surface area (TPSA) is 59.9 Å². The standard InChI is InChI=1S/C31H26N2O3/c1-2-35-26-17-14-24(15-18-26)31(34)33-32-20-29-28-13-6-4-9-23(28)16-19-30(29)36-21-25-11-7-10-22-8-3-5-12-27(22)25/h3-20H,2,21H2,1H3,(H,33,34)/b32-20+. The predicted octanol–water partition coefficient (Wildman–Crippen LogP) is 6.73. The summed E-state index contributed by atoms with van der Waals surface area (Å²) in [6.07, 6.45) is 1.65. The maximum Gasteiger partial charge on any atom is 0.271 e. The van der Waals surface area contributed by atoms with Crippen LogP contribution in [0, 0.1) is 0 Å². The Morgan fingerprint density at radius 2 is 1.47 bits per heavy atom. The summed E-state index contributed by atoms with van der Waals surface area (Å²) in [6, 6.07) is 33.5. The van der Waals surface area contributed by atoms with Crippen molar-refractivity contribution in [2.45, 2.75) is 13.5 Å². The molecule has 0 aliphatic heterocycles. The van der Waals surface area contributed by atoms with Crippen LogP contribution < -0.4 is 14.9 Å². The highest BCUT2D eigenvalue weighted by atomic mass is 16.5. The molecule has 178 valence electrons. The van der Waals surface area contributed by atoms with Gasteiger partial charge in [0.25, 0.3) is 5.91 Å². The average molecular weight is 475 g/mol. The molecule has 5 aromatic rings. The van der Waals surface area contributed by atoms with Crippen molar-refractivity contribution in [1.82, 2.24) is 5.43 Å². The summed E-state index contributed by atoms with van der Waals surface area (Å²) >= 11 is 0. The number of nitrogens with zero attached hydrogens (tertiary/aromatic N) is 1. The van der Waals surface area contributed by atoms with E-state index in [0.717, 1.165) is 27.6 Å². The lowest BCUT2D eigenvalue weighted by molar-refractivity contribution is 0.0955. The first-order valence-corrected chi connectivity index (χ1v) is 11.9. The van der Waals surface area contributed by atoms with Crippen LogP contribution in [0.4, 0.5) is 0 Å². The minimum atomic E-state index is -0.298. The minimum absolute atomic E-state index is 0.298. The Balaban J connectivity index is 1.38. The lowest BCUT2D eigenvalue weighted by Gasteiger charge is -2.13. The zero-order valence-corrected chi connectivity index (χ0v) is 20.0. The van der Waals surface area contributed by atoms with Crippen LogP contribution in [0.3, 0.4) is 0 Å². The number of benzene rings is 5. The quantitative estimate of drug-likeness (QED) is 0.200. The van der Waals surface area contributed by atoms with Gasteiger partial charge in [-0.05, 0) is 64.4 Å². The Labute approximate surface area is 210 Å². The number of hydrogen-bond donors (Lipinski definition) is 1. The van der Waals surface area contributed by atoms with E-state index in [1.807, 2.05) is 61.5 Å². The summed E-state index contributed by atoms with van der Waals surface area (Å²) in [5, 5.41) is 8.66. The van der Waals surface area contributed by atoms with Crippen LogP contribution in [-0.2, 0) is 6.61 Å². The number of rotatable bonds is 8. The van der Waals surface area contributed by atoms with E-state index in [1.54, 1.807) is 30.5 Å². The lowest BCUT2D eigenvalue weighted by Crippen LogP contribution is -2.17. The molecule has 5 heteroatoms. The van der Waals surface area contributed by atoms with Gasteiger partial charge in [-0.3, -0.25) is 4.79 Å². The number of hydrogen-bond acceptors (Lipinski definition) is 4. The first kappa shape index (κ1) is 23.1. The van der Waals surface area contributed by atoms with E-state index in [4.69, 9.17) is 9.47 Å². The molecule has 0 radical (unpaired) electrons. The molecule has 0 saturated heterocycles. The second-order valence-electron chi connectivity index (χ2n) is 8.28. The number of carbonyl (C=O) groups excluding carboxylic acids is 1. The highest BCUT2D eigenvalue weighted by molar-refractivity contribution is 6.03. The molecule has 1 N–H and O–H groups in total. The van der Waals surface area contributed by atoms with E-state index >= 15 is 0 Å². The van der Waals surface area contributed by atoms with Crippen molar-refractivity contribution < 1.29 is 14.3 Å². The van der Waals surface area contributed by atoms with Gasteiger partial charge in [0.1, 0.15) is 18.1 Å². The third-order valence-electron chi connectivity index (χ3n) is 5.98. The largest absolute Gasteiger partial charge is 0.494 e. The number of carbonyl (C=O) groups is 1. The summed E-state index contributed by atoms with van der Waals surface area (Å²) < 4.78 is 11.7. The average Bonchev–Trinajstić information content (AvgIpc) is 2.93. The van der Waals surface area contributed by atoms with Crippen LogP contribution in [-0.4, -0.2) is 18.7 Å². The van der Waals surface area contributed by atoms with Crippen LogP contribution >= 0.6 is 0 Å². The van der Waals surface area contributed by atoms with Crippen LogP contribution in [0.15, 0.2) is 108 Å². The van der Waals surface area contributed by atoms with Crippen molar-refractivity contribution in [1.29, 1.82) is 0 Å². The minimum Gasteiger partial charge on any atom is -0.494 e. The molecule has 0 bridgehead atoms. The second-order valence-corrected chi connectivity index (χ2v) is 8.28. The summed E-state index contributed by atoms with van der Waals surface area (Å²) in [5.74, 6) is 1.12. The summed E-state index contributed by atoms with van der Waals surface area (Å²) in [6.45, 7) is 2.91. The Kier molecular flexibility index (Phi) is 6.90. The molecule has 0 fully saturated rings. The van der Waals surface area contributed by atoms with Gasteiger partial charge in [-0.15, -0.1) is 0 Å². The molecule has 0 atom stereocenters. The molecule has 5 aromatic carbocycles. The van der Waals surface area contributed by atoms with E-state index in [-0.39, 0.29) is 5.91 Å². The van der Waals surface area contributed by atoms with Gasteiger partial charge < -0.3 is 9.47 Å². The van der Waals surface area contributed by atoms with Crippen molar-refractivity contribution in [2.24, 2.45) is 5.10 Å². The van der Waals surface area contributed by atoms with Crippen molar-refractivity contribution in [2.75, 3.05) is 6.61 Å². The van der Waals surface area contributed by atoms with E-state index in [9.17, 15) is 4.79 Å². The van der Waals surface area contributed by atoms with Gasteiger partial charge in [-0.25, -0.2) is 5.43 Å². The fourth-order valence-corrected chi connectivity index (χ4v) is 4.20. The molecule has 0 aliphatic rings. The van der Waals surface area contributed by atoms with Crippen LogP contribution in [0.2, 0.25) is 0 Å². The van der Waals surface area contributed by atoms with Gasteiger partial charge in [0, 0.05) is 11.1 Å². The van der Waals surface area contributed by atoms with E-state index in [0.29, 0.717) is 24.5 Å². The molecule has 0 saturated carbocycles. The first-order valence-electron chi connectivity index (χ1n) is 11.9. The first-order chi connectivity index (χ1) is 17.7. The molecular formula is C31H26N2O3. The molecule has 0 heterocycles. The number of nitrogens with one attached hydrogen (secondary N) is 1. The van der Waals surface area contributed by atoms with Gasteiger partial charge in [0.15, 0.2) is 0 Å². The summed E-state index contributed by atoms with van der Waals surface area (Å²) in [4.78, 5) is 12.6. The van der Waals surface area contributed by atoms with Crippen molar-refractivity contribution in [3.63, 3.8) is 0 Å². The highest BCUT2D eigenvalue weighted by Crippen LogP contribution is 2.28. The van der Waals surface area contributed by atoms with Gasteiger partial charge in [0.05, 0.1) is 12.8 Å². The van der Waals surface area contributed by atoms with Gasteiger partial charge in [0.2, 0.25) is 0 Å². The second kappa shape index (κ2) is 10.7. The van der Waals surface area contributed by atoms with Crippen LogP contribution in [0.25, 0.3) is 21.5 Å². The third kappa shape index (κ3) is 5.05. The lowest BCUT2D eigenvalue weighted by atomic mass is 10.0. The van der Waals surface area contributed by atoms with Gasteiger partial charge in [-0.1, -0.05) is 72.8 Å². The molecule has 0 spiro atoms. The number of ether oxygens (including phenoxy) is 2. The Hall–Kier alpha value is -4.64. The molecule has 0 aromatic heterocycles. The molecule has 5 rings (SSSR count). The number of amides is 1. The molecule has 0 unspecified atom stereocenters. The molecule has 36 heavy (non-hydrogen) atoms. The normalized spacial score (nSPS) is 11.1. The van der Waals surface area contributed by atoms with Crippen LogP contribution in [0.5, 0.6) is 11.5 Å². The predicted molar refractivity (Wildman–Crippen MR) is 145 cm³/mol. The molecular weight excluding hydrogens is 448 g/mol. The van der Waals surface area contributed by atoms with E-state index < -0.39 is 0 Å². The van der Waals surface area contributed by atoms with Crippen LogP contribution in [0.1, 0.15) is 28.4 Å². The molecule has 5 nitrogen and oxygen atoms in total. The SMILES string of the molecule is CCOc1ccc(C(=O)N/N=C/c2c(OCc3cccc4ccccc34)ccc3ccccc23)cc1. The Morgan fingerprint density at radius 1 is 0.778 bits per heavy atom. The summed E-state index contributed by atoms with van der Waals surface area (Å²) in [7, 11) is 0. The van der Waals surface area contributed by atoms with Gasteiger partial charge >= 0.3 is 0 Å². The summed E-state index contributed by atoms with van der Waals surface area (Å²) in [5.41, 5.74) is 5.03. The Bertz CT molecular complexity index is 1540. The molecule has 1 amide bonds. The Morgan fingerprint density at radius 3 is 2.25 bits per heavy atom. The van der Waals surface area contributed by atoms with Crippen molar-refractivity contribution in [3.05, 3.63) is 120 Å². The van der Waals surface area contributed by atoms with Gasteiger partial charge in [-0.2, -0.15) is 5.10 Å². The maximum atomic E-state index is 12.6. The monoisotopic (exact) mass is 474 g/mol.